The average molecular weight is 406 g/mol. The van der Waals surface area contributed by atoms with Crippen molar-refractivity contribution < 1.29 is 14.7 Å². The Labute approximate surface area is 171 Å². The molecule has 0 bridgehead atoms. The number of anilines is 2. The second-order valence-electron chi connectivity index (χ2n) is 6.21. The molecule has 29 heavy (non-hydrogen) atoms. The predicted octanol–water partition coefficient (Wildman–Crippen LogP) is 3.91. The standard InChI is InChI=1S/C21H18N4O3S/c1-2-19(27)24-15-7-8-18(26)17(10-15)20(28)25-21-23-12-16(29-21)9-13-3-5-14(11-22)6-4-13/h3-8,10,12,26H,2,9H2,1H3,(H,24,27)(H,23,25,28). The Hall–Kier alpha value is -3.70. The Bertz CT molecular complexity index is 1080. The first-order chi connectivity index (χ1) is 14.0. The normalized spacial score (nSPS) is 10.2. The van der Waals surface area contributed by atoms with Gasteiger partial charge in [-0.25, -0.2) is 4.98 Å². The van der Waals surface area contributed by atoms with E-state index in [0.717, 1.165) is 10.4 Å². The zero-order chi connectivity index (χ0) is 20.8. The second-order valence-corrected chi connectivity index (χ2v) is 7.32. The fourth-order valence-electron chi connectivity index (χ4n) is 2.55. The molecule has 1 heterocycles. The van der Waals surface area contributed by atoms with Crippen molar-refractivity contribution in [3.8, 4) is 11.8 Å². The molecular formula is C21H18N4O3S. The molecule has 3 rings (SSSR count). The van der Waals surface area contributed by atoms with E-state index in [1.54, 1.807) is 25.3 Å². The molecule has 0 atom stereocenters. The van der Waals surface area contributed by atoms with Crippen molar-refractivity contribution in [1.82, 2.24) is 4.98 Å². The van der Waals surface area contributed by atoms with Crippen LogP contribution in [-0.4, -0.2) is 21.9 Å². The minimum absolute atomic E-state index is 0.0442. The van der Waals surface area contributed by atoms with E-state index >= 15 is 0 Å². The maximum absolute atomic E-state index is 12.5. The first kappa shape index (κ1) is 20.0. The zero-order valence-electron chi connectivity index (χ0n) is 15.6. The topological polar surface area (TPSA) is 115 Å². The summed E-state index contributed by atoms with van der Waals surface area (Å²) < 4.78 is 0. The number of nitriles is 1. The lowest BCUT2D eigenvalue weighted by Crippen LogP contribution is -2.14. The summed E-state index contributed by atoms with van der Waals surface area (Å²) in [5, 5.41) is 24.6. The van der Waals surface area contributed by atoms with Gasteiger partial charge in [-0.3, -0.25) is 14.9 Å². The third kappa shape index (κ3) is 5.18. The number of hydrogen-bond acceptors (Lipinski definition) is 6. The molecule has 3 N–H and O–H groups in total. The van der Waals surface area contributed by atoms with Crippen LogP contribution in [0.25, 0.3) is 0 Å². The largest absolute Gasteiger partial charge is 0.507 e. The summed E-state index contributed by atoms with van der Waals surface area (Å²) in [6.07, 6.45) is 2.61. The SMILES string of the molecule is CCC(=O)Nc1ccc(O)c(C(=O)Nc2ncc(Cc3ccc(C#N)cc3)s2)c1. The molecule has 146 valence electrons. The average Bonchev–Trinajstić information content (AvgIpc) is 3.16. The highest BCUT2D eigenvalue weighted by molar-refractivity contribution is 7.15. The molecule has 0 saturated heterocycles. The summed E-state index contributed by atoms with van der Waals surface area (Å²) in [7, 11) is 0. The Balaban J connectivity index is 1.69. The summed E-state index contributed by atoms with van der Waals surface area (Å²) >= 11 is 1.33. The highest BCUT2D eigenvalue weighted by Gasteiger charge is 2.15. The molecule has 0 spiro atoms. The quantitative estimate of drug-likeness (QED) is 0.537. The molecule has 0 unspecified atom stereocenters. The third-order valence-electron chi connectivity index (χ3n) is 4.08. The number of phenols is 1. The van der Waals surface area contributed by atoms with Crippen LogP contribution in [0, 0.1) is 11.3 Å². The number of aromatic hydroxyl groups is 1. The lowest BCUT2D eigenvalue weighted by molar-refractivity contribution is -0.115. The molecular weight excluding hydrogens is 388 g/mol. The van der Waals surface area contributed by atoms with Crippen molar-refractivity contribution in [2.24, 2.45) is 0 Å². The number of hydrogen-bond donors (Lipinski definition) is 3. The number of nitrogens with zero attached hydrogens (tertiary/aromatic N) is 2. The van der Waals surface area contributed by atoms with Crippen molar-refractivity contribution in [3.63, 3.8) is 0 Å². The molecule has 0 fully saturated rings. The Kier molecular flexibility index (Phi) is 6.22. The Morgan fingerprint density at radius 3 is 2.62 bits per heavy atom. The monoisotopic (exact) mass is 406 g/mol. The molecule has 0 aliphatic rings. The van der Waals surface area contributed by atoms with Gasteiger partial charge < -0.3 is 10.4 Å². The van der Waals surface area contributed by atoms with Gasteiger partial charge in [0.05, 0.1) is 17.2 Å². The van der Waals surface area contributed by atoms with Crippen LogP contribution in [0.3, 0.4) is 0 Å². The van der Waals surface area contributed by atoms with Gasteiger partial charge in [0.25, 0.3) is 5.91 Å². The summed E-state index contributed by atoms with van der Waals surface area (Å²) in [6.45, 7) is 1.72. The predicted molar refractivity (Wildman–Crippen MR) is 111 cm³/mol. The number of aromatic nitrogens is 1. The smallest absolute Gasteiger partial charge is 0.261 e. The highest BCUT2D eigenvalue weighted by atomic mass is 32.1. The van der Waals surface area contributed by atoms with Crippen LogP contribution in [0.2, 0.25) is 0 Å². The third-order valence-corrected chi connectivity index (χ3v) is 4.99. The van der Waals surface area contributed by atoms with Gasteiger partial charge in [0.15, 0.2) is 5.13 Å². The summed E-state index contributed by atoms with van der Waals surface area (Å²) in [5.41, 5.74) is 2.11. The first-order valence-corrected chi connectivity index (χ1v) is 9.68. The van der Waals surface area contributed by atoms with Crippen molar-refractivity contribution in [2.75, 3.05) is 10.6 Å². The molecule has 2 amide bonds. The number of phenolic OH excluding ortho intramolecular Hbond substituents is 1. The van der Waals surface area contributed by atoms with Gasteiger partial charge in [0.2, 0.25) is 5.91 Å². The molecule has 1 aromatic heterocycles. The number of rotatable bonds is 6. The van der Waals surface area contributed by atoms with Gasteiger partial charge in [-0.2, -0.15) is 5.26 Å². The van der Waals surface area contributed by atoms with Crippen LogP contribution >= 0.6 is 11.3 Å². The maximum atomic E-state index is 12.5. The summed E-state index contributed by atoms with van der Waals surface area (Å²) in [4.78, 5) is 29.2. The molecule has 0 aliphatic carbocycles. The highest BCUT2D eigenvalue weighted by Crippen LogP contribution is 2.25. The fourth-order valence-corrected chi connectivity index (χ4v) is 3.40. The molecule has 2 aromatic carbocycles. The van der Waals surface area contributed by atoms with E-state index < -0.39 is 5.91 Å². The Morgan fingerprint density at radius 1 is 1.17 bits per heavy atom. The van der Waals surface area contributed by atoms with E-state index in [2.05, 4.69) is 21.7 Å². The minimum atomic E-state index is -0.519. The summed E-state index contributed by atoms with van der Waals surface area (Å²) in [6, 6.07) is 13.7. The summed E-state index contributed by atoms with van der Waals surface area (Å²) in [5.74, 6) is -0.893. The van der Waals surface area contributed by atoms with E-state index in [4.69, 9.17) is 5.26 Å². The van der Waals surface area contributed by atoms with Crippen molar-refractivity contribution in [2.45, 2.75) is 19.8 Å². The molecule has 3 aromatic rings. The van der Waals surface area contributed by atoms with Gasteiger partial charge in [-0.1, -0.05) is 19.1 Å². The molecule has 0 aliphatic heterocycles. The number of carbonyl (C=O) groups is 2. The minimum Gasteiger partial charge on any atom is -0.507 e. The van der Waals surface area contributed by atoms with E-state index in [0.29, 0.717) is 29.2 Å². The van der Waals surface area contributed by atoms with Crippen LogP contribution in [0.15, 0.2) is 48.7 Å². The lowest BCUT2D eigenvalue weighted by Gasteiger charge is -2.08. The van der Waals surface area contributed by atoms with Crippen LogP contribution in [0.4, 0.5) is 10.8 Å². The van der Waals surface area contributed by atoms with Crippen molar-refractivity contribution >= 4 is 34.0 Å². The second kappa shape index (κ2) is 8.99. The van der Waals surface area contributed by atoms with Gasteiger partial charge in [-0.05, 0) is 35.9 Å². The van der Waals surface area contributed by atoms with Crippen LogP contribution < -0.4 is 10.6 Å². The van der Waals surface area contributed by atoms with E-state index in [1.807, 2.05) is 12.1 Å². The van der Waals surface area contributed by atoms with Gasteiger partial charge >= 0.3 is 0 Å². The number of amides is 2. The van der Waals surface area contributed by atoms with E-state index in [1.165, 1.54) is 29.5 Å². The van der Waals surface area contributed by atoms with E-state index in [9.17, 15) is 14.7 Å². The van der Waals surface area contributed by atoms with Crippen LogP contribution in [0.1, 0.15) is 39.7 Å². The fraction of sp³-hybridized carbons (Fsp3) is 0.143. The lowest BCUT2D eigenvalue weighted by atomic mass is 10.1. The number of nitrogens with one attached hydrogen (secondary N) is 2. The van der Waals surface area contributed by atoms with Gasteiger partial charge in [-0.15, -0.1) is 11.3 Å². The first-order valence-electron chi connectivity index (χ1n) is 8.86. The van der Waals surface area contributed by atoms with Gasteiger partial charge in [0, 0.05) is 29.6 Å². The Morgan fingerprint density at radius 2 is 1.93 bits per heavy atom. The van der Waals surface area contributed by atoms with Crippen molar-refractivity contribution in [1.29, 1.82) is 5.26 Å². The molecule has 8 heteroatoms. The number of thiazole rings is 1. The van der Waals surface area contributed by atoms with Crippen LogP contribution in [0.5, 0.6) is 5.75 Å². The molecule has 0 saturated carbocycles. The number of carbonyl (C=O) groups excluding carboxylic acids is 2. The van der Waals surface area contributed by atoms with E-state index in [-0.39, 0.29) is 17.2 Å². The molecule has 0 radical (unpaired) electrons. The van der Waals surface area contributed by atoms with Crippen LogP contribution in [-0.2, 0) is 11.2 Å². The van der Waals surface area contributed by atoms with Gasteiger partial charge in [0.1, 0.15) is 5.75 Å². The maximum Gasteiger partial charge on any atom is 0.261 e. The molecule has 7 nitrogen and oxygen atoms in total. The number of benzene rings is 2. The van der Waals surface area contributed by atoms with Crippen molar-refractivity contribution in [3.05, 3.63) is 70.2 Å². The zero-order valence-corrected chi connectivity index (χ0v) is 16.4.